The quantitative estimate of drug-likeness (QED) is 0.794. The average molecular weight is 280 g/mol. The summed E-state index contributed by atoms with van der Waals surface area (Å²) in [5, 5.41) is 0. The Morgan fingerprint density at radius 3 is 2.47 bits per heavy atom. The van der Waals surface area contributed by atoms with E-state index in [9.17, 15) is 9.59 Å². The van der Waals surface area contributed by atoms with E-state index >= 15 is 0 Å². The SMILES string of the molecule is CSC1(C2CC(=O)C=C(OC3CC3=O)C2)CCCC1. The largest absolute Gasteiger partial charge is 0.486 e. The molecule has 3 aliphatic carbocycles. The molecule has 0 saturated heterocycles. The lowest BCUT2D eigenvalue weighted by Crippen LogP contribution is -2.35. The molecule has 2 unspecified atom stereocenters. The van der Waals surface area contributed by atoms with Gasteiger partial charge in [-0.25, -0.2) is 0 Å². The van der Waals surface area contributed by atoms with Crippen molar-refractivity contribution in [3.63, 3.8) is 0 Å². The van der Waals surface area contributed by atoms with Gasteiger partial charge in [-0.3, -0.25) is 9.59 Å². The topological polar surface area (TPSA) is 43.4 Å². The number of hydrogen-bond acceptors (Lipinski definition) is 4. The van der Waals surface area contributed by atoms with E-state index in [-0.39, 0.29) is 22.4 Å². The van der Waals surface area contributed by atoms with Crippen molar-refractivity contribution in [3.8, 4) is 0 Å². The summed E-state index contributed by atoms with van der Waals surface area (Å²) in [5.41, 5.74) is 0. The first-order valence-electron chi connectivity index (χ1n) is 7.11. The van der Waals surface area contributed by atoms with Crippen LogP contribution in [0.15, 0.2) is 11.8 Å². The van der Waals surface area contributed by atoms with Crippen LogP contribution >= 0.6 is 11.8 Å². The van der Waals surface area contributed by atoms with E-state index in [1.54, 1.807) is 6.08 Å². The van der Waals surface area contributed by atoms with Crippen LogP contribution in [-0.4, -0.2) is 28.7 Å². The first-order chi connectivity index (χ1) is 9.13. The number of carbonyl (C=O) groups is 2. The molecule has 2 fully saturated rings. The third kappa shape index (κ3) is 2.60. The van der Waals surface area contributed by atoms with Gasteiger partial charge in [-0.2, -0.15) is 11.8 Å². The highest BCUT2D eigenvalue weighted by Gasteiger charge is 2.44. The highest BCUT2D eigenvalue weighted by atomic mass is 32.2. The Balaban J connectivity index is 1.72. The molecule has 0 amide bonds. The van der Waals surface area contributed by atoms with Crippen molar-refractivity contribution < 1.29 is 14.3 Å². The van der Waals surface area contributed by atoms with Gasteiger partial charge in [0.05, 0.1) is 6.42 Å². The second kappa shape index (κ2) is 4.97. The Kier molecular flexibility index (Phi) is 3.46. The Bertz CT molecular complexity index is 435. The van der Waals surface area contributed by atoms with E-state index < -0.39 is 0 Å². The Labute approximate surface area is 118 Å². The van der Waals surface area contributed by atoms with Gasteiger partial charge in [0.25, 0.3) is 0 Å². The monoisotopic (exact) mass is 280 g/mol. The standard InChI is InChI=1S/C15H20O3S/c1-19-15(4-2-3-5-15)10-6-11(16)8-12(7-10)18-14-9-13(14)17/h8,10,14H,2-7,9H2,1H3. The van der Waals surface area contributed by atoms with Crippen LogP contribution in [0.1, 0.15) is 44.9 Å². The average Bonchev–Trinajstić information content (AvgIpc) is 2.92. The van der Waals surface area contributed by atoms with Gasteiger partial charge in [-0.15, -0.1) is 0 Å². The van der Waals surface area contributed by atoms with Crippen molar-refractivity contribution in [2.75, 3.05) is 6.26 Å². The van der Waals surface area contributed by atoms with Crippen molar-refractivity contribution in [2.45, 2.75) is 55.8 Å². The highest BCUT2D eigenvalue weighted by Crippen LogP contribution is 2.50. The molecular weight excluding hydrogens is 260 g/mol. The molecule has 0 aromatic heterocycles. The smallest absolute Gasteiger partial charge is 0.177 e. The number of ether oxygens (including phenoxy) is 1. The summed E-state index contributed by atoms with van der Waals surface area (Å²) < 4.78 is 5.90. The van der Waals surface area contributed by atoms with Gasteiger partial charge in [0.1, 0.15) is 5.76 Å². The zero-order valence-electron chi connectivity index (χ0n) is 11.3. The number of allylic oxidation sites excluding steroid dienone is 2. The molecular formula is C15H20O3S. The summed E-state index contributed by atoms with van der Waals surface area (Å²) in [6.07, 6.45) is 10.5. The predicted octanol–water partition coefficient (Wildman–Crippen LogP) is 2.88. The number of thioether (sulfide) groups is 1. The van der Waals surface area contributed by atoms with Crippen LogP contribution in [0, 0.1) is 5.92 Å². The molecule has 0 radical (unpaired) electrons. The van der Waals surface area contributed by atoms with E-state index in [4.69, 9.17) is 4.74 Å². The molecule has 19 heavy (non-hydrogen) atoms. The lowest BCUT2D eigenvalue weighted by molar-refractivity contribution is -0.117. The molecule has 0 N–H and O–H groups in total. The number of ketones is 2. The molecule has 0 aromatic rings. The minimum absolute atomic E-state index is 0.163. The van der Waals surface area contributed by atoms with Crippen molar-refractivity contribution >= 4 is 23.3 Å². The molecule has 3 nitrogen and oxygen atoms in total. The summed E-state index contributed by atoms with van der Waals surface area (Å²) >= 11 is 1.92. The van der Waals surface area contributed by atoms with E-state index in [0.29, 0.717) is 18.8 Å². The van der Waals surface area contributed by atoms with Crippen LogP contribution < -0.4 is 0 Å². The number of rotatable bonds is 4. The fraction of sp³-hybridized carbons (Fsp3) is 0.733. The third-order valence-corrected chi connectivity index (χ3v) is 6.25. The molecule has 0 aromatic carbocycles. The third-order valence-electron chi connectivity index (χ3n) is 4.70. The van der Waals surface area contributed by atoms with Gasteiger partial charge in [0, 0.05) is 23.7 Å². The zero-order chi connectivity index (χ0) is 13.5. The van der Waals surface area contributed by atoms with Crippen LogP contribution in [0.2, 0.25) is 0 Å². The summed E-state index contributed by atoms with van der Waals surface area (Å²) in [4.78, 5) is 23.0. The van der Waals surface area contributed by atoms with E-state index in [1.807, 2.05) is 11.8 Å². The molecule has 0 bridgehead atoms. The second-order valence-corrected chi connectivity index (χ2v) is 7.16. The minimum Gasteiger partial charge on any atom is -0.486 e. The summed E-state index contributed by atoms with van der Waals surface area (Å²) in [5.74, 6) is 1.46. The van der Waals surface area contributed by atoms with Gasteiger partial charge in [-0.1, -0.05) is 12.8 Å². The Morgan fingerprint density at radius 1 is 1.21 bits per heavy atom. The van der Waals surface area contributed by atoms with Gasteiger partial charge < -0.3 is 4.74 Å². The summed E-state index contributed by atoms with van der Waals surface area (Å²) in [7, 11) is 0. The number of hydrogen-bond donors (Lipinski definition) is 0. The normalized spacial score (nSPS) is 33.2. The Morgan fingerprint density at radius 2 is 1.89 bits per heavy atom. The predicted molar refractivity (Wildman–Crippen MR) is 75.0 cm³/mol. The highest BCUT2D eigenvalue weighted by molar-refractivity contribution is 8.00. The van der Waals surface area contributed by atoms with Gasteiger partial charge >= 0.3 is 0 Å². The zero-order valence-corrected chi connectivity index (χ0v) is 12.1. The Hall–Kier alpha value is -0.770. The maximum atomic E-state index is 11.9. The maximum Gasteiger partial charge on any atom is 0.177 e. The molecule has 2 saturated carbocycles. The van der Waals surface area contributed by atoms with Gasteiger partial charge in [0.15, 0.2) is 17.7 Å². The first kappa shape index (κ1) is 13.2. The number of carbonyl (C=O) groups excluding carboxylic acids is 2. The summed E-state index contributed by atoms with van der Waals surface area (Å²) in [6.45, 7) is 0. The molecule has 0 spiro atoms. The lowest BCUT2D eigenvalue weighted by Gasteiger charge is -2.37. The molecule has 3 rings (SSSR count). The lowest BCUT2D eigenvalue weighted by atomic mass is 9.80. The molecule has 4 heteroatoms. The fourth-order valence-electron chi connectivity index (χ4n) is 3.48. The maximum absolute atomic E-state index is 11.9. The van der Waals surface area contributed by atoms with Gasteiger partial charge in [0.2, 0.25) is 0 Å². The van der Waals surface area contributed by atoms with Crippen molar-refractivity contribution in [1.29, 1.82) is 0 Å². The molecule has 104 valence electrons. The van der Waals surface area contributed by atoms with Gasteiger partial charge in [-0.05, 0) is 25.0 Å². The molecule has 3 aliphatic rings. The minimum atomic E-state index is -0.258. The van der Waals surface area contributed by atoms with Crippen LogP contribution in [-0.2, 0) is 14.3 Å². The van der Waals surface area contributed by atoms with Crippen molar-refractivity contribution in [2.24, 2.45) is 5.92 Å². The van der Waals surface area contributed by atoms with E-state index in [1.165, 1.54) is 25.7 Å². The van der Waals surface area contributed by atoms with Crippen molar-refractivity contribution in [1.82, 2.24) is 0 Å². The van der Waals surface area contributed by atoms with Crippen LogP contribution in [0.3, 0.4) is 0 Å². The molecule has 0 heterocycles. The van der Waals surface area contributed by atoms with E-state index in [0.717, 1.165) is 12.2 Å². The van der Waals surface area contributed by atoms with Crippen LogP contribution in [0.25, 0.3) is 0 Å². The summed E-state index contributed by atoms with van der Waals surface area (Å²) in [6, 6.07) is 0. The fourth-order valence-corrected chi connectivity index (χ4v) is 4.67. The van der Waals surface area contributed by atoms with Crippen LogP contribution in [0.4, 0.5) is 0 Å². The second-order valence-electron chi connectivity index (χ2n) is 5.94. The van der Waals surface area contributed by atoms with Crippen molar-refractivity contribution in [3.05, 3.63) is 11.8 Å². The van der Waals surface area contributed by atoms with E-state index in [2.05, 4.69) is 6.26 Å². The molecule has 2 atom stereocenters. The number of Topliss-reactive ketones (excluding diaryl/α,β-unsaturated/α-hetero) is 1. The van der Waals surface area contributed by atoms with Crippen LogP contribution in [0.5, 0.6) is 0 Å². The first-order valence-corrected chi connectivity index (χ1v) is 8.33. The molecule has 0 aliphatic heterocycles.